The molecule has 3 heterocycles. The molecule has 4 amide bonds. The Balaban J connectivity index is 1.56. The molecule has 0 saturated heterocycles. The Labute approximate surface area is 187 Å². The summed E-state index contributed by atoms with van der Waals surface area (Å²) in [5.41, 5.74) is -0.0467. The minimum absolute atomic E-state index is 0.0238. The lowest BCUT2D eigenvalue weighted by Gasteiger charge is -2.32. The third kappa shape index (κ3) is 4.38. The normalized spacial score (nSPS) is 18.4. The summed E-state index contributed by atoms with van der Waals surface area (Å²) >= 11 is 0. The van der Waals surface area contributed by atoms with Crippen molar-refractivity contribution in [3.05, 3.63) is 76.8 Å². The van der Waals surface area contributed by atoms with Crippen molar-refractivity contribution in [1.29, 1.82) is 0 Å². The van der Waals surface area contributed by atoms with E-state index in [1.807, 2.05) is 0 Å². The number of amides is 4. The maximum Gasteiger partial charge on any atom is 0.416 e. The number of nitrogens with one attached hydrogen (secondary N) is 2. The van der Waals surface area contributed by atoms with Gasteiger partial charge in [-0.2, -0.15) is 13.2 Å². The van der Waals surface area contributed by atoms with Crippen LogP contribution in [-0.2, 0) is 22.3 Å². The molecule has 4 rings (SSSR count). The first kappa shape index (κ1) is 22.3. The van der Waals surface area contributed by atoms with Gasteiger partial charge in [0.05, 0.1) is 29.4 Å². The third-order valence-corrected chi connectivity index (χ3v) is 5.59. The molecule has 2 aliphatic rings. The Hall–Kier alpha value is -3.89. The van der Waals surface area contributed by atoms with Gasteiger partial charge in [-0.15, -0.1) is 0 Å². The lowest BCUT2D eigenvalue weighted by molar-refractivity contribution is -0.138. The molecule has 1 unspecified atom stereocenters. The molecule has 0 fully saturated rings. The molecule has 0 aliphatic carbocycles. The van der Waals surface area contributed by atoms with Gasteiger partial charge in [0.1, 0.15) is 6.54 Å². The van der Waals surface area contributed by atoms with Crippen molar-refractivity contribution in [3.8, 4) is 0 Å². The van der Waals surface area contributed by atoms with E-state index < -0.39 is 35.6 Å². The number of benzene rings is 1. The van der Waals surface area contributed by atoms with Crippen LogP contribution in [0.4, 0.5) is 18.0 Å². The highest BCUT2D eigenvalue weighted by molar-refractivity contribution is 6.03. The standard InChI is InChI=1S/C22H20F3N5O3/c1-29-16-11-30(12-17(31)27-10-13-6-8-26-9-7-13)20(32)18(16)19(28-21(29)33)14-4-2-3-5-15(14)22(23,24)25/h2-9,19H,10-12H2,1H3,(H,27,31)(H,28,33). The highest BCUT2D eigenvalue weighted by Gasteiger charge is 2.45. The van der Waals surface area contributed by atoms with Gasteiger partial charge < -0.3 is 15.5 Å². The van der Waals surface area contributed by atoms with Crippen molar-refractivity contribution in [2.45, 2.75) is 18.8 Å². The number of pyridine rings is 1. The van der Waals surface area contributed by atoms with Gasteiger partial charge in [0.15, 0.2) is 0 Å². The second-order valence-corrected chi connectivity index (χ2v) is 7.68. The van der Waals surface area contributed by atoms with Crippen LogP contribution in [0.5, 0.6) is 0 Å². The number of halogens is 3. The highest BCUT2D eigenvalue weighted by atomic mass is 19.4. The number of aromatic nitrogens is 1. The van der Waals surface area contributed by atoms with Crippen molar-refractivity contribution in [2.75, 3.05) is 20.1 Å². The molecule has 2 aromatic rings. The molecule has 11 heteroatoms. The van der Waals surface area contributed by atoms with Gasteiger partial charge in [0, 0.05) is 26.0 Å². The number of hydrogen-bond donors (Lipinski definition) is 2. The number of alkyl halides is 3. The number of nitrogens with zero attached hydrogens (tertiary/aromatic N) is 3. The van der Waals surface area contributed by atoms with Gasteiger partial charge >= 0.3 is 12.2 Å². The van der Waals surface area contributed by atoms with Gasteiger partial charge in [-0.1, -0.05) is 18.2 Å². The molecule has 0 saturated carbocycles. The summed E-state index contributed by atoms with van der Waals surface area (Å²) in [5.74, 6) is -1.04. The predicted octanol–water partition coefficient (Wildman–Crippen LogP) is 2.21. The molecule has 0 bridgehead atoms. The molecule has 172 valence electrons. The van der Waals surface area contributed by atoms with Gasteiger partial charge in [-0.3, -0.25) is 19.5 Å². The molecular formula is C22H20F3N5O3. The Kier molecular flexibility index (Phi) is 5.79. The molecule has 2 N–H and O–H groups in total. The maximum absolute atomic E-state index is 13.6. The number of hydrogen-bond acceptors (Lipinski definition) is 4. The van der Waals surface area contributed by atoms with Crippen molar-refractivity contribution in [2.24, 2.45) is 0 Å². The fraction of sp³-hybridized carbons (Fsp3) is 0.273. The number of carbonyl (C=O) groups is 3. The molecule has 2 aliphatic heterocycles. The van der Waals surface area contributed by atoms with E-state index in [1.54, 1.807) is 24.5 Å². The van der Waals surface area contributed by atoms with Crippen LogP contribution in [0.25, 0.3) is 0 Å². The third-order valence-electron chi connectivity index (χ3n) is 5.59. The average Bonchev–Trinajstić information content (AvgIpc) is 3.11. The number of urea groups is 1. The minimum atomic E-state index is -4.67. The Morgan fingerprint density at radius 3 is 2.58 bits per heavy atom. The molecule has 1 aromatic heterocycles. The van der Waals surface area contributed by atoms with E-state index in [-0.39, 0.29) is 36.5 Å². The summed E-state index contributed by atoms with van der Waals surface area (Å²) in [6.07, 6.45) is -1.50. The van der Waals surface area contributed by atoms with E-state index in [0.717, 1.165) is 11.6 Å². The van der Waals surface area contributed by atoms with E-state index in [2.05, 4.69) is 15.6 Å². The summed E-state index contributed by atoms with van der Waals surface area (Å²) < 4.78 is 40.8. The van der Waals surface area contributed by atoms with Crippen LogP contribution in [0.15, 0.2) is 60.1 Å². The van der Waals surface area contributed by atoms with Crippen LogP contribution < -0.4 is 10.6 Å². The molecule has 0 spiro atoms. The van der Waals surface area contributed by atoms with Gasteiger partial charge in [-0.05, 0) is 29.3 Å². The molecule has 33 heavy (non-hydrogen) atoms. The first-order valence-electron chi connectivity index (χ1n) is 10.0. The second kappa shape index (κ2) is 8.57. The number of likely N-dealkylation sites (N-methyl/N-ethyl adjacent to an activating group) is 1. The van der Waals surface area contributed by atoms with Gasteiger partial charge in [-0.25, -0.2) is 4.79 Å². The Bertz CT molecular complexity index is 1130. The molecule has 0 radical (unpaired) electrons. The largest absolute Gasteiger partial charge is 0.416 e. The van der Waals surface area contributed by atoms with Gasteiger partial charge in [0.2, 0.25) is 5.91 Å². The minimum Gasteiger partial charge on any atom is -0.350 e. The fourth-order valence-electron chi connectivity index (χ4n) is 3.92. The summed E-state index contributed by atoms with van der Waals surface area (Å²) in [4.78, 5) is 44.3. The van der Waals surface area contributed by atoms with E-state index >= 15 is 0 Å². The first-order valence-corrected chi connectivity index (χ1v) is 10.0. The summed E-state index contributed by atoms with van der Waals surface area (Å²) in [5, 5.41) is 5.19. The lowest BCUT2D eigenvalue weighted by atomic mass is 9.92. The summed E-state index contributed by atoms with van der Waals surface area (Å²) in [6, 6.07) is 6.36. The Morgan fingerprint density at radius 1 is 1.18 bits per heavy atom. The van der Waals surface area contributed by atoms with Crippen molar-refractivity contribution >= 4 is 17.8 Å². The van der Waals surface area contributed by atoms with Crippen LogP contribution >= 0.6 is 0 Å². The van der Waals surface area contributed by atoms with E-state index in [4.69, 9.17) is 0 Å². The number of carbonyl (C=O) groups excluding carboxylic acids is 3. The van der Waals surface area contributed by atoms with E-state index in [1.165, 1.54) is 35.0 Å². The SMILES string of the molecule is CN1C(=O)NC(c2ccccc2C(F)(F)F)C2=C1CN(CC(=O)NCc1ccncc1)C2=O. The first-order chi connectivity index (χ1) is 15.7. The van der Waals surface area contributed by atoms with Crippen molar-refractivity contribution < 1.29 is 27.6 Å². The molecular weight excluding hydrogens is 439 g/mol. The van der Waals surface area contributed by atoms with E-state index in [9.17, 15) is 27.6 Å². The van der Waals surface area contributed by atoms with Crippen LogP contribution in [-0.4, -0.2) is 52.8 Å². The number of rotatable bonds is 5. The van der Waals surface area contributed by atoms with Crippen LogP contribution in [0, 0.1) is 0 Å². The van der Waals surface area contributed by atoms with Crippen molar-refractivity contribution in [3.63, 3.8) is 0 Å². The smallest absolute Gasteiger partial charge is 0.350 e. The Morgan fingerprint density at radius 2 is 1.88 bits per heavy atom. The second-order valence-electron chi connectivity index (χ2n) is 7.68. The van der Waals surface area contributed by atoms with Crippen molar-refractivity contribution in [1.82, 2.24) is 25.4 Å². The van der Waals surface area contributed by atoms with Gasteiger partial charge in [0.25, 0.3) is 5.91 Å². The van der Waals surface area contributed by atoms with Crippen LogP contribution in [0.2, 0.25) is 0 Å². The average molecular weight is 459 g/mol. The zero-order valence-corrected chi connectivity index (χ0v) is 17.5. The molecule has 1 atom stereocenters. The predicted molar refractivity (Wildman–Crippen MR) is 110 cm³/mol. The molecule has 8 nitrogen and oxygen atoms in total. The fourth-order valence-corrected chi connectivity index (χ4v) is 3.92. The summed E-state index contributed by atoms with van der Waals surface area (Å²) in [6.45, 7) is -0.129. The highest BCUT2D eigenvalue weighted by Crippen LogP contribution is 2.41. The quantitative estimate of drug-likeness (QED) is 0.717. The molecule has 1 aromatic carbocycles. The zero-order chi connectivity index (χ0) is 23.8. The van der Waals surface area contributed by atoms with Crippen LogP contribution in [0.1, 0.15) is 22.7 Å². The summed E-state index contributed by atoms with van der Waals surface area (Å²) in [7, 11) is 1.43. The lowest BCUT2D eigenvalue weighted by Crippen LogP contribution is -2.45. The van der Waals surface area contributed by atoms with Crippen LogP contribution in [0.3, 0.4) is 0 Å². The zero-order valence-electron chi connectivity index (χ0n) is 17.5. The van der Waals surface area contributed by atoms with E-state index in [0.29, 0.717) is 0 Å². The maximum atomic E-state index is 13.6. The topological polar surface area (TPSA) is 94.6 Å². The monoisotopic (exact) mass is 459 g/mol.